The number of rotatable bonds is 5. The number of aromatic hydroxyl groups is 1. The summed E-state index contributed by atoms with van der Waals surface area (Å²) in [6, 6.07) is 3.22. The fourth-order valence-electron chi connectivity index (χ4n) is 2.45. The molecule has 0 saturated heterocycles. The van der Waals surface area contributed by atoms with Gasteiger partial charge in [0, 0.05) is 11.6 Å². The van der Waals surface area contributed by atoms with Crippen molar-refractivity contribution in [3.8, 4) is 17.2 Å². The standard InChI is InChI=1S/C17H12Br2F3NO5/c1-7(2)10-4-9(3-8(6-24)15(10)25)28-16-11(18)5-12(23(26)27)13(14(16)19)17(20,21)22/h3-7,25H,1-2H3. The van der Waals surface area contributed by atoms with Crippen LogP contribution in [0.4, 0.5) is 18.9 Å². The van der Waals surface area contributed by atoms with Gasteiger partial charge in [0.15, 0.2) is 17.6 Å². The van der Waals surface area contributed by atoms with Crippen LogP contribution in [-0.2, 0) is 6.18 Å². The molecule has 2 aromatic carbocycles. The largest absolute Gasteiger partial charge is 0.507 e. The van der Waals surface area contributed by atoms with Gasteiger partial charge < -0.3 is 9.84 Å². The molecule has 0 aromatic heterocycles. The van der Waals surface area contributed by atoms with Crippen molar-refractivity contribution in [2.45, 2.75) is 25.9 Å². The van der Waals surface area contributed by atoms with E-state index in [0.29, 0.717) is 17.9 Å². The highest BCUT2D eigenvalue weighted by atomic mass is 79.9. The SMILES string of the molecule is CC(C)c1cc(Oc2c(Br)cc([N+](=O)[O-])c(C(F)(F)F)c2Br)cc(C=O)c1O. The monoisotopic (exact) mass is 525 g/mol. The van der Waals surface area contributed by atoms with Crippen molar-refractivity contribution in [2.75, 3.05) is 0 Å². The van der Waals surface area contributed by atoms with Gasteiger partial charge in [0.25, 0.3) is 5.69 Å². The van der Waals surface area contributed by atoms with Crippen LogP contribution >= 0.6 is 31.9 Å². The van der Waals surface area contributed by atoms with Crippen LogP contribution in [0.2, 0.25) is 0 Å². The Morgan fingerprint density at radius 1 is 1.25 bits per heavy atom. The van der Waals surface area contributed by atoms with E-state index in [9.17, 15) is 33.2 Å². The molecular formula is C17H12Br2F3NO5. The number of alkyl halides is 3. The number of aldehydes is 1. The molecule has 0 heterocycles. The number of nitrogens with zero attached hydrogens (tertiary/aromatic N) is 1. The molecule has 0 radical (unpaired) electrons. The average molecular weight is 527 g/mol. The van der Waals surface area contributed by atoms with E-state index in [2.05, 4.69) is 31.9 Å². The predicted molar refractivity (Wildman–Crippen MR) is 101 cm³/mol. The summed E-state index contributed by atoms with van der Waals surface area (Å²) in [4.78, 5) is 21.1. The van der Waals surface area contributed by atoms with Crippen LogP contribution in [0.15, 0.2) is 27.1 Å². The predicted octanol–water partition coefficient (Wildman–Crippen LogP) is 6.57. The second-order valence-corrected chi connectivity index (χ2v) is 7.62. The number of ether oxygens (including phenoxy) is 1. The molecule has 0 bridgehead atoms. The van der Waals surface area contributed by atoms with Crippen LogP contribution in [0.25, 0.3) is 0 Å². The summed E-state index contributed by atoms with van der Waals surface area (Å²) in [7, 11) is 0. The third-order valence-electron chi connectivity index (χ3n) is 3.75. The van der Waals surface area contributed by atoms with Crippen LogP contribution in [-0.4, -0.2) is 16.3 Å². The summed E-state index contributed by atoms with van der Waals surface area (Å²) in [6.45, 7) is 3.49. The van der Waals surface area contributed by atoms with Gasteiger partial charge in [-0.1, -0.05) is 13.8 Å². The zero-order chi connectivity index (χ0) is 21.4. The summed E-state index contributed by atoms with van der Waals surface area (Å²) < 4.78 is 44.9. The molecule has 0 aliphatic carbocycles. The molecule has 150 valence electrons. The second-order valence-electron chi connectivity index (χ2n) is 5.98. The van der Waals surface area contributed by atoms with Crippen LogP contribution in [0.3, 0.4) is 0 Å². The van der Waals surface area contributed by atoms with Crippen molar-refractivity contribution < 1.29 is 32.7 Å². The van der Waals surface area contributed by atoms with E-state index in [4.69, 9.17) is 4.74 Å². The number of hydrogen-bond acceptors (Lipinski definition) is 5. The van der Waals surface area contributed by atoms with E-state index in [1.165, 1.54) is 6.07 Å². The lowest BCUT2D eigenvalue weighted by Crippen LogP contribution is -2.11. The van der Waals surface area contributed by atoms with Gasteiger partial charge in [0.1, 0.15) is 11.5 Å². The first-order chi connectivity index (χ1) is 12.9. The zero-order valence-corrected chi connectivity index (χ0v) is 17.5. The summed E-state index contributed by atoms with van der Waals surface area (Å²) >= 11 is 5.72. The zero-order valence-electron chi connectivity index (χ0n) is 14.3. The molecule has 2 aromatic rings. The van der Waals surface area contributed by atoms with Crippen molar-refractivity contribution in [1.29, 1.82) is 0 Å². The van der Waals surface area contributed by atoms with E-state index >= 15 is 0 Å². The average Bonchev–Trinajstić information content (AvgIpc) is 2.57. The Labute approximate surface area is 173 Å². The van der Waals surface area contributed by atoms with Crippen molar-refractivity contribution in [2.24, 2.45) is 0 Å². The molecule has 6 nitrogen and oxygen atoms in total. The molecule has 0 atom stereocenters. The smallest absolute Gasteiger partial charge is 0.424 e. The van der Waals surface area contributed by atoms with E-state index in [-0.39, 0.29) is 33.2 Å². The fraction of sp³-hybridized carbons (Fsp3) is 0.235. The number of hydrogen-bond donors (Lipinski definition) is 1. The van der Waals surface area contributed by atoms with E-state index in [1.54, 1.807) is 13.8 Å². The minimum atomic E-state index is -5.02. The number of phenols is 1. The maximum Gasteiger partial charge on any atom is 0.424 e. The van der Waals surface area contributed by atoms with Gasteiger partial charge in [-0.15, -0.1) is 0 Å². The molecule has 0 aliphatic rings. The van der Waals surface area contributed by atoms with Gasteiger partial charge in [-0.05, 0) is 49.9 Å². The van der Waals surface area contributed by atoms with Crippen molar-refractivity contribution in [1.82, 2.24) is 0 Å². The molecule has 0 fully saturated rings. The van der Waals surface area contributed by atoms with Crippen molar-refractivity contribution in [3.05, 3.63) is 53.9 Å². The van der Waals surface area contributed by atoms with Gasteiger partial charge in [-0.3, -0.25) is 14.9 Å². The van der Waals surface area contributed by atoms with Crippen molar-refractivity contribution >= 4 is 43.8 Å². The molecule has 1 N–H and O–H groups in total. The number of carbonyl (C=O) groups is 1. The summed E-state index contributed by atoms with van der Waals surface area (Å²) in [6.07, 6.45) is -4.64. The number of carbonyl (C=O) groups excluding carboxylic acids is 1. The lowest BCUT2D eigenvalue weighted by atomic mass is 9.99. The molecule has 0 aliphatic heterocycles. The molecule has 0 unspecified atom stereocenters. The van der Waals surface area contributed by atoms with Crippen LogP contribution in [0.1, 0.15) is 41.3 Å². The Hall–Kier alpha value is -2.14. The van der Waals surface area contributed by atoms with Gasteiger partial charge >= 0.3 is 6.18 Å². The molecular weight excluding hydrogens is 515 g/mol. The Morgan fingerprint density at radius 3 is 2.32 bits per heavy atom. The van der Waals surface area contributed by atoms with Gasteiger partial charge in [-0.25, -0.2) is 0 Å². The van der Waals surface area contributed by atoms with Crippen LogP contribution in [0, 0.1) is 10.1 Å². The lowest BCUT2D eigenvalue weighted by Gasteiger charge is -2.17. The molecule has 28 heavy (non-hydrogen) atoms. The number of nitro benzene ring substituents is 1. The quantitative estimate of drug-likeness (QED) is 0.270. The maximum atomic E-state index is 13.4. The number of benzene rings is 2. The highest BCUT2D eigenvalue weighted by Gasteiger charge is 2.43. The molecule has 0 saturated carbocycles. The lowest BCUT2D eigenvalue weighted by molar-refractivity contribution is -0.388. The third-order valence-corrected chi connectivity index (χ3v) is 5.09. The number of phenolic OH excluding ortho intramolecular Hbond substituents is 1. The van der Waals surface area contributed by atoms with Gasteiger partial charge in [0.05, 0.1) is 19.4 Å². The first-order valence-electron chi connectivity index (χ1n) is 7.62. The maximum absolute atomic E-state index is 13.4. The van der Waals surface area contributed by atoms with E-state index in [0.717, 1.165) is 6.07 Å². The first kappa shape index (κ1) is 22.2. The molecule has 0 amide bonds. The summed E-state index contributed by atoms with van der Waals surface area (Å²) in [5.41, 5.74) is -2.41. The van der Waals surface area contributed by atoms with E-state index in [1.807, 2.05) is 0 Å². The summed E-state index contributed by atoms with van der Waals surface area (Å²) in [5, 5.41) is 21.1. The Kier molecular flexibility index (Phi) is 6.39. The van der Waals surface area contributed by atoms with Crippen LogP contribution < -0.4 is 4.74 Å². The fourth-order valence-corrected chi connectivity index (χ4v) is 3.94. The molecule has 11 heteroatoms. The Bertz CT molecular complexity index is 961. The Balaban J connectivity index is 2.70. The minimum Gasteiger partial charge on any atom is -0.507 e. The normalized spacial score (nSPS) is 11.6. The second kappa shape index (κ2) is 8.08. The number of nitro groups is 1. The first-order valence-corrected chi connectivity index (χ1v) is 9.20. The van der Waals surface area contributed by atoms with Gasteiger partial charge in [-0.2, -0.15) is 13.2 Å². The topological polar surface area (TPSA) is 89.7 Å². The Morgan fingerprint density at radius 2 is 1.86 bits per heavy atom. The minimum absolute atomic E-state index is 0.0213. The third kappa shape index (κ3) is 4.30. The highest BCUT2D eigenvalue weighted by Crippen LogP contribution is 2.49. The van der Waals surface area contributed by atoms with Crippen LogP contribution in [0.5, 0.6) is 17.2 Å². The van der Waals surface area contributed by atoms with Gasteiger partial charge in [0.2, 0.25) is 0 Å². The summed E-state index contributed by atoms with van der Waals surface area (Å²) in [5.74, 6) is -0.853. The molecule has 0 spiro atoms. The van der Waals surface area contributed by atoms with Crippen molar-refractivity contribution in [3.63, 3.8) is 0 Å². The van der Waals surface area contributed by atoms with E-state index < -0.39 is 26.8 Å². The number of halogens is 5. The highest BCUT2D eigenvalue weighted by molar-refractivity contribution is 9.11. The molecule has 2 rings (SSSR count).